The zero-order chi connectivity index (χ0) is 43.7. The number of fused-ring (bicyclic) bond motifs is 15. The van der Waals surface area contributed by atoms with Crippen LogP contribution in [-0.2, 0) is 10.8 Å². The van der Waals surface area contributed by atoms with Gasteiger partial charge in [-0.2, -0.15) is 0 Å². The highest BCUT2D eigenvalue weighted by Gasteiger charge is 2.52. The van der Waals surface area contributed by atoms with Crippen LogP contribution in [0, 0.1) is 0 Å². The maximum Gasteiger partial charge on any atom is 0.0755 e. The van der Waals surface area contributed by atoms with Gasteiger partial charge < -0.3 is 9.47 Å². The number of aromatic nitrogens is 1. The van der Waals surface area contributed by atoms with Crippen LogP contribution < -0.4 is 4.90 Å². The van der Waals surface area contributed by atoms with Crippen molar-refractivity contribution in [2.75, 3.05) is 4.90 Å². The van der Waals surface area contributed by atoms with Gasteiger partial charge in [0, 0.05) is 33.0 Å². The molecule has 0 saturated heterocycles. The number of hydrogen-bond donors (Lipinski definition) is 0. The molecule has 10 aromatic carbocycles. The molecule has 2 heteroatoms. The Bertz CT molecular complexity index is 3810. The van der Waals surface area contributed by atoms with Gasteiger partial charge in [0.2, 0.25) is 0 Å². The Morgan fingerprint density at radius 2 is 0.955 bits per heavy atom. The second-order valence-corrected chi connectivity index (χ2v) is 18.8. The lowest BCUT2D eigenvalue weighted by molar-refractivity contribution is 0.660. The predicted molar refractivity (Wildman–Crippen MR) is 275 cm³/mol. The predicted octanol–water partition coefficient (Wildman–Crippen LogP) is 16.6. The molecular weight excluding hydrogens is 797 g/mol. The molecule has 0 N–H and O–H groups in total. The summed E-state index contributed by atoms with van der Waals surface area (Å²) >= 11 is 0. The van der Waals surface area contributed by atoms with Crippen molar-refractivity contribution in [3.63, 3.8) is 0 Å². The van der Waals surface area contributed by atoms with Crippen molar-refractivity contribution in [2.24, 2.45) is 0 Å². The van der Waals surface area contributed by atoms with E-state index in [1.54, 1.807) is 0 Å². The van der Waals surface area contributed by atoms with Gasteiger partial charge in [0.1, 0.15) is 0 Å². The smallest absolute Gasteiger partial charge is 0.0755 e. The third-order valence-electron chi connectivity index (χ3n) is 15.2. The molecule has 0 amide bonds. The van der Waals surface area contributed by atoms with Gasteiger partial charge in [-0.25, -0.2) is 0 Å². The number of hydrogen-bond acceptors (Lipinski definition) is 1. The van der Waals surface area contributed by atoms with Gasteiger partial charge in [0.25, 0.3) is 0 Å². The molecule has 0 fully saturated rings. The summed E-state index contributed by atoms with van der Waals surface area (Å²) in [5.41, 5.74) is 24.3. The van der Waals surface area contributed by atoms with E-state index in [-0.39, 0.29) is 5.41 Å². The molecule has 1 spiro atoms. The van der Waals surface area contributed by atoms with Crippen LogP contribution in [0.15, 0.2) is 231 Å². The quantitative estimate of drug-likeness (QED) is 0.168. The van der Waals surface area contributed by atoms with Crippen LogP contribution >= 0.6 is 0 Å². The summed E-state index contributed by atoms with van der Waals surface area (Å²) in [5.74, 6) is 0. The molecule has 0 radical (unpaired) electrons. The van der Waals surface area contributed by atoms with E-state index in [0.29, 0.717) is 0 Å². The van der Waals surface area contributed by atoms with Crippen molar-refractivity contribution in [1.82, 2.24) is 4.57 Å². The molecule has 14 rings (SSSR count). The van der Waals surface area contributed by atoms with Crippen molar-refractivity contribution in [3.8, 4) is 50.2 Å². The lowest BCUT2D eigenvalue weighted by Crippen LogP contribution is -2.33. The Labute approximate surface area is 385 Å². The Morgan fingerprint density at radius 1 is 0.364 bits per heavy atom. The number of anilines is 3. The largest absolute Gasteiger partial charge is 0.309 e. The van der Waals surface area contributed by atoms with Crippen LogP contribution in [-0.4, -0.2) is 4.57 Å². The molecule has 2 heterocycles. The summed E-state index contributed by atoms with van der Waals surface area (Å²) in [5, 5.41) is 2.57. The monoisotopic (exact) mass is 840 g/mol. The molecule has 0 saturated carbocycles. The summed E-state index contributed by atoms with van der Waals surface area (Å²) in [7, 11) is 0. The molecule has 310 valence electrons. The van der Waals surface area contributed by atoms with Crippen LogP contribution in [0.5, 0.6) is 0 Å². The fraction of sp³-hybridized carbons (Fsp3) is 0.0625. The normalized spacial score (nSPS) is 15.6. The molecule has 1 unspecified atom stereocenters. The van der Waals surface area contributed by atoms with E-state index >= 15 is 0 Å². The van der Waals surface area contributed by atoms with E-state index in [2.05, 4.69) is 254 Å². The molecular formula is C64H44N2. The Morgan fingerprint density at radius 3 is 1.83 bits per heavy atom. The molecule has 3 aliphatic rings. The van der Waals surface area contributed by atoms with Crippen LogP contribution in [0.2, 0.25) is 0 Å². The van der Waals surface area contributed by atoms with Crippen LogP contribution in [0.4, 0.5) is 17.1 Å². The van der Waals surface area contributed by atoms with E-state index in [1.807, 2.05) is 0 Å². The summed E-state index contributed by atoms with van der Waals surface area (Å²) in [6.45, 7) is 4.77. The van der Waals surface area contributed by atoms with Gasteiger partial charge in [-0.3, -0.25) is 0 Å². The zero-order valence-corrected chi connectivity index (χ0v) is 36.8. The second-order valence-electron chi connectivity index (χ2n) is 18.8. The number of benzene rings is 10. The van der Waals surface area contributed by atoms with E-state index in [0.717, 1.165) is 17.1 Å². The fourth-order valence-corrected chi connectivity index (χ4v) is 12.4. The third-order valence-corrected chi connectivity index (χ3v) is 15.2. The van der Waals surface area contributed by atoms with Gasteiger partial charge in [-0.15, -0.1) is 0 Å². The molecule has 1 aromatic heterocycles. The maximum atomic E-state index is 2.57. The molecule has 0 bridgehead atoms. The average Bonchev–Trinajstić information content (AvgIpc) is 3.96. The van der Waals surface area contributed by atoms with E-state index < -0.39 is 5.41 Å². The molecule has 2 aliphatic carbocycles. The minimum Gasteiger partial charge on any atom is -0.309 e. The first-order valence-corrected chi connectivity index (χ1v) is 23.2. The van der Waals surface area contributed by atoms with Gasteiger partial charge in [0.05, 0.1) is 33.5 Å². The Hall–Kier alpha value is -8.20. The zero-order valence-electron chi connectivity index (χ0n) is 36.8. The van der Waals surface area contributed by atoms with Crippen LogP contribution in [0.1, 0.15) is 47.2 Å². The van der Waals surface area contributed by atoms with Gasteiger partial charge in [-0.05, 0) is 109 Å². The molecule has 11 aromatic rings. The van der Waals surface area contributed by atoms with E-state index in [4.69, 9.17) is 0 Å². The summed E-state index contributed by atoms with van der Waals surface area (Å²) < 4.78 is 2.53. The first-order chi connectivity index (χ1) is 32.5. The molecule has 2 nitrogen and oxygen atoms in total. The van der Waals surface area contributed by atoms with Crippen molar-refractivity contribution in [3.05, 3.63) is 264 Å². The van der Waals surface area contributed by atoms with E-state index in [9.17, 15) is 0 Å². The first kappa shape index (κ1) is 37.2. The van der Waals surface area contributed by atoms with Crippen molar-refractivity contribution < 1.29 is 0 Å². The number of nitrogens with zero attached hydrogens (tertiary/aromatic N) is 2. The van der Waals surface area contributed by atoms with Gasteiger partial charge >= 0.3 is 0 Å². The summed E-state index contributed by atoms with van der Waals surface area (Å²) in [4.78, 5) is 2.57. The highest BCUT2D eigenvalue weighted by Crippen LogP contribution is 2.64. The lowest BCUT2D eigenvalue weighted by Gasteiger charge is -2.39. The summed E-state index contributed by atoms with van der Waals surface area (Å²) in [6, 6.07) is 86.4. The van der Waals surface area contributed by atoms with Crippen LogP contribution in [0.25, 0.3) is 72.0 Å². The molecule has 66 heavy (non-hydrogen) atoms. The van der Waals surface area contributed by atoms with Crippen LogP contribution in [0.3, 0.4) is 0 Å². The lowest BCUT2D eigenvalue weighted by atomic mass is 9.65. The number of rotatable bonds is 5. The highest BCUT2D eigenvalue weighted by atomic mass is 15.1. The van der Waals surface area contributed by atoms with Gasteiger partial charge in [-0.1, -0.05) is 202 Å². The molecule has 1 atom stereocenters. The topological polar surface area (TPSA) is 8.17 Å². The summed E-state index contributed by atoms with van der Waals surface area (Å²) in [6.07, 6.45) is 0. The third kappa shape index (κ3) is 4.85. The van der Waals surface area contributed by atoms with Crippen molar-refractivity contribution in [2.45, 2.75) is 24.7 Å². The van der Waals surface area contributed by atoms with Crippen molar-refractivity contribution in [1.29, 1.82) is 0 Å². The minimum atomic E-state index is -0.570. The second kappa shape index (κ2) is 13.7. The van der Waals surface area contributed by atoms with Crippen molar-refractivity contribution >= 4 is 38.9 Å². The SMILES string of the molecule is CC1(C)c2ccccc2-c2ccc(N(c3ccccc3-c3cccc(-c4ccccc4)c3)c3cccc4c3-c3ccccc3C43c4ccccc4-n4c5ccccc5c5cccc3c54)cc21. The standard InChI is InChI=1S/C64H44N2/c1-63(2)51-28-10-6-24-46(51)47-38-37-44(40-56(47)63)65(57-33-13-8-23-45(57)43-22-16-21-42(39-43)41-19-4-3-5-20-41)60-36-18-31-54-61(60)50-26-7-11-29-52(50)64(54)53-30-12-15-35-59(53)66-58-34-14-9-25-48(58)49-27-17-32-55(64)62(49)66/h3-40H,1-2H3. The van der Waals surface area contributed by atoms with Gasteiger partial charge in [0.15, 0.2) is 0 Å². The fourth-order valence-electron chi connectivity index (χ4n) is 12.4. The first-order valence-electron chi connectivity index (χ1n) is 23.2. The maximum absolute atomic E-state index is 2.57. The highest BCUT2D eigenvalue weighted by molar-refractivity contribution is 6.13. The molecule has 1 aliphatic heterocycles. The van der Waals surface area contributed by atoms with E-state index in [1.165, 1.54) is 105 Å². The Balaban J connectivity index is 1.08. The average molecular weight is 841 g/mol. The number of para-hydroxylation sites is 4. The Kier molecular flexibility index (Phi) is 7.70. The minimum absolute atomic E-state index is 0.171.